The Balaban J connectivity index is 2.11. The molecule has 3 rings (SSSR count). The highest BCUT2D eigenvalue weighted by atomic mass is 32.1. The van der Waals surface area contributed by atoms with E-state index < -0.39 is 7.29 Å². The van der Waals surface area contributed by atoms with Crippen molar-refractivity contribution in [2.75, 3.05) is 6.61 Å². The summed E-state index contributed by atoms with van der Waals surface area (Å²) < 4.78 is 14.3. The Morgan fingerprint density at radius 2 is 1.59 bits per heavy atom. The molecule has 3 nitrogen and oxygen atoms in total. The molecule has 1 aromatic heterocycles. The van der Waals surface area contributed by atoms with E-state index in [1.165, 1.54) is 0 Å². The molecule has 0 saturated heterocycles. The third-order valence-electron chi connectivity index (χ3n) is 4.64. The molecule has 0 spiro atoms. The van der Waals surface area contributed by atoms with Gasteiger partial charge in [0, 0.05) is 21.4 Å². The third-order valence-corrected chi connectivity index (χ3v) is 8.29. The Bertz CT molecular complexity index is 867. The zero-order valence-corrected chi connectivity index (χ0v) is 17.0. The van der Waals surface area contributed by atoms with Crippen molar-refractivity contribution in [1.82, 2.24) is 5.09 Å². The Kier molecular flexibility index (Phi) is 6.46. The largest absolute Gasteiger partial charge is 0.396 e. The molecule has 0 bridgehead atoms. The van der Waals surface area contributed by atoms with Gasteiger partial charge in [0.25, 0.3) is 0 Å². The van der Waals surface area contributed by atoms with E-state index in [0.29, 0.717) is 0 Å². The third kappa shape index (κ3) is 4.31. The van der Waals surface area contributed by atoms with Gasteiger partial charge in [-0.25, -0.2) is 0 Å². The Morgan fingerprint density at radius 1 is 1.04 bits per heavy atom. The summed E-state index contributed by atoms with van der Waals surface area (Å²) in [5.74, 6) is -0.232. The number of rotatable bonds is 8. The van der Waals surface area contributed by atoms with E-state index in [1.54, 1.807) is 11.3 Å². The molecule has 0 fully saturated rings. The van der Waals surface area contributed by atoms with Gasteiger partial charge in [-0.05, 0) is 42.6 Å². The topological polar surface area (TPSA) is 49.3 Å². The molecule has 0 aliphatic heterocycles. The van der Waals surface area contributed by atoms with E-state index in [1.807, 2.05) is 85.1 Å². The van der Waals surface area contributed by atoms with Crippen molar-refractivity contribution in [3.63, 3.8) is 0 Å². The predicted molar refractivity (Wildman–Crippen MR) is 115 cm³/mol. The van der Waals surface area contributed by atoms with Gasteiger partial charge in [-0.1, -0.05) is 54.6 Å². The molecule has 2 atom stereocenters. The lowest BCUT2D eigenvalue weighted by atomic mass is 9.94. The molecule has 2 N–H and O–H groups in total. The van der Waals surface area contributed by atoms with Crippen LogP contribution < -0.4 is 15.7 Å². The summed E-state index contributed by atoms with van der Waals surface area (Å²) in [5.41, 5.74) is 0.857. The molecule has 0 saturated carbocycles. The number of aliphatic hydroxyl groups excluding tert-OH is 1. The summed E-state index contributed by atoms with van der Waals surface area (Å²) in [4.78, 5) is 1.03. The number of aliphatic hydroxyl groups is 1. The monoisotopic (exact) mass is 397 g/mol. The van der Waals surface area contributed by atoms with Crippen molar-refractivity contribution >= 4 is 29.2 Å². The average molecular weight is 397 g/mol. The number of hydrogen-bond acceptors (Lipinski definition) is 3. The highest BCUT2D eigenvalue weighted by Gasteiger charge is 2.34. The highest BCUT2D eigenvalue weighted by molar-refractivity contribution is 7.76. The molecule has 27 heavy (non-hydrogen) atoms. The van der Waals surface area contributed by atoms with Crippen LogP contribution in [-0.4, -0.2) is 11.7 Å². The molecule has 2 unspecified atom stereocenters. The summed E-state index contributed by atoms with van der Waals surface area (Å²) >= 11 is 1.59. The second-order valence-electron chi connectivity index (χ2n) is 6.54. The smallest absolute Gasteiger partial charge is 0.205 e. The second-order valence-corrected chi connectivity index (χ2v) is 10.0. The average Bonchev–Trinajstić information content (AvgIpc) is 3.23. The molecule has 5 heteroatoms. The Hall–Kier alpha value is -1.97. The van der Waals surface area contributed by atoms with Crippen LogP contribution in [0.3, 0.4) is 0 Å². The van der Waals surface area contributed by atoms with Gasteiger partial charge in [0.2, 0.25) is 7.29 Å². The van der Waals surface area contributed by atoms with E-state index in [4.69, 9.17) is 0 Å². The van der Waals surface area contributed by atoms with E-state index >= 15 is 0 Å². The van der Waals surface area contributed by atoms with Crippen molar-refractivity contribution in [2.45, 2.75) is 13.0 Å². The van der Waals surface area contributed by atoms with Crippen LogP contribution >= 0.6 is 18.6 Å². The van der Waals surface area contributed by atoms with Crippen molar-refractivity contribution in [3.8, 4) is 0 Å². The van der Waals surface area contributed by atoms with E-state index in [9.17, 15) is 9.67 Å². The molecule has 0 aliphatic rings. The van der Waals surface area contributed by atoms with E-state index in [0.717, 1.165) is 21.1 Å². The number of nitrogens with one attached hydrogen (secondary N) is 1. The molecule has 140 valence electrons. The first-order valence-corrected chi connectivity index (χ1v) is 11.4. The minimum absolute atomic E-state index is 0.0610. The fraction of sp³-hybridized carbons (Fsp3) is 0.182. The molecular weight excluding hydrogens is 373 g/mol. The van der Waals surface area contributed by atoms with Crippen LogP contribution in [-0.2, 0) is 4.57 Å². The van der Waals surface area contributed by atoms with Crippen molar-refractivity contribution < 1.29 is 9.67 Å². The summed E-state index contributed by atoms with van der Waals surface area (Å²) in [6.07, 6.45) is 0. The van der Waals surface area contributed by atoms with Gasteiger partial charge in [-0.2, -0.15) is 0 Å². The minimum Gasteiger partial charge on any atom is -0.396 e. The summed E-state index contributed by atoms with van der Waals surface area (Å²) in [6.45, 7) is 5.89. The molecule has 0 aliphatic carbocycles. The first-order valence-electron chi connectivity index (χ1n) is 8.85. The fourth-order valence-corrected chi connectivity index (χ4v) is 6.56. The van der Waals surface area contributed by atoms with E-state index in [-0.39, 0.29) is 18.6 Å². The lowest BCUT2D eigenvalue weighted by Crippen LogP contribution is -2.35. The SMILES string of the molecule is C=C(C)C(CO)C(NP(=O)(c1ccccc1)c1ccccc1)c1cccs1. The lowest BCUT2D eigenvalue weighted by Gasteiger charge is -2.31. The van der Waals surface area contributed by atoms with Gasteiger partial charge >= 0.3 is 0 Å². The maximum Gasteiger partial charge on any atom is 0.205 e. The Morgan fingerprint density at radius 3 is 2.00 bits per heavy atom. The first-order chi connectivity index (χ1) is 13.1. The molecule has 0 amide bonds. The predicted octanol–water partition coefficient (Wildman–Crippen LogP) is 4.49. The molecule has 1 heterocycles. The van der Waals surface area contributed by atoms with Gasteiger partial charge in [-0.15, -0.1) is 11.3 Å². The van der Waals surface area contributed by atoms with Crippen molar-refractivity contribution in [3.05, 3.63) is 95.2 Å². The van der Waals surface area contributed by atoms with Crippen molar-refractivity contribution in [1.29, 1.82) is 0 Å². The van der Waals surface area contributed by atoms with Crippen LogP contribution in [0.4, 0.5) is 0 Å². The maximum absolute atomic E-state index is 14.3. The number of thiophene rings is 1. The van der Waals surface area contributed by atoms with Crippen LogP contribution in [0.2, 0.25) is 0 Å². The van der Waals surface area contributed by atoms with Crippen LogP contribution in [0, 0.1) is 5.92 Å². The van der Waals surface area contributed by atoms with E-state index in [2.05, 4.69) is 11.7 Å². The van der Waals surface area contributed by atoms with Gasteiger partial charge in [0.05, 0.1) is 12.6 Å². The number of benzene rings is 2. The zero-order valence-electron chi connectivity index (χ0n) is 15.3. The summed E-state index contributed by atoms with van der Waals surface area (Å²) in [7, 11) is -3.12. The van der Waals surface area contributed by atoms with Gasteiger partial charge in [0.15, 0.2) is 0 Å². The number of hydrogen-bond donors (Lipinski definition) is 2. The minimum atomic E-state index is -3.12. The molecule has 2 aromatic carbocycles. The molecule has 0 radical (unpaired) electrons. The Labute approximate surface area is 164 Å². The normalized spacial score (nSPS) is 13.9. The van der Waals surface area contributed by atoms with Crippen LogP contribution in [0.15, 0.2) is 90.3 Å². The second kappa shape index (κ2) is 8.81. The molecular formula is C22H24NO2PS. The lowest BCUT2D eigenvalue weighted by molar-refractivity contribution is 0.223. The van der Waals surface area contributed by atoms with Crippen molar-refractivity contribution in [2.24, 2.45) is 5.92 Å². The maximum atomic E-state index is 14.3. The first kappa shape index (κ1) is 19.8. The summed E-state index contributed by atoms with van der Waals surface area (Å²) in [6, 6.07) is 22.7. The highest BCUT2D eigenvalue weighted by Crippen LogP contribution is 2.45. The van der Waals surface area contributed by atoms with Gasteiger partial charge in [0.1, 0.15) is 0 Å². The van der Waals surface area contributed by atoms with Crippen LogP contribution in [0.5, 0.6) is 0 Å². The zero-order chi connectivity index (χ0) is 19.3. The van der Waals surface area contributed by atoms with Gasteiger partial charge in [-0.3, -0.25) is 9.65 Å². The van der Waals surface area contributed by atoms with Gasteiger partial charge < -0.3 is 5.11 Å². The molecule has 3 aromatic rings. The standard InChI is InChI=1S/C22H24NO2PS/c1-17(2)20(16-24)22(21-14-9-15-27-21)23-26(25,18-10-5-3-6-11-18)19-12-7-4-8-13-19/h3-15,20,22,24H,1,16H2,2H3,(H,23,25). The summed E-state index contributed by atoms with van der Waals surface area (Å²) in [5, 5.41) is 16.9. The fourth-order valence-electron chi connectivity index (χ4n) is 3.14. The quantitative estimate of drug-likeness (QED) is 0.435. The van der Waals surface area contributed by atoms with Crippen LogP contribution in [0.1, 0.15) is 17.8 Å². The van der Waals surface area contributed by atoms with Crippen LogP contribution in [0.25, 0.3) is 0 Å².